The van der Waals surface area contributed by atoms with Gasteiger partial charge in [-0.2, -0.15) is 0 Å². The average Bonchev–Trinajstić information content (AvgIpc) is 2.32. The number of hydrogen-bond donors (Lipinski definition) is 2. The minimum Gasteiger partial charge on any atom is -0.480 e. The first-order valence-electron chi connectivity index (χ1n) is 5.55. The van der Waals surface area contributed by atoms with Gasteiger partial charge in [0.2, 0.25) is 5.91 Å². The standard InChI is InChI=1S/C13H12BrFN2O3/c1-2-5-17(8-13(19)20)7-12(18)16-11-4-3-9(14)6-10(11)15/h1,3-4,6H,5,7-8H2,(H,16,18)(H,19,20). The van der Waals surface area contributed by atoms with Crippen LogP contribution in [0.1, 0.15) is 0 Å². The number of nitrogens with one attached hydrogen (secondary N) is 1. The molecule has 1 aromatic carbocycles. The van der Waals surface area contributed by atoms with E-state index in [1.807, 2.05) is 0 Å². The van der Waals surface area contributed by atoms with Crippen LogP contribution in [-0.2, 0) is 9.59 Å². The third kappa shape index (κ3) is 5.38. The minimum absolute atomic E-state index is 0.0164. The second kappa shape index (κ2) is 7.62. The van der Waals surface area contributed by atoms with Gasteiger partial charge in [-0.1, -0.05) is 21.9 Å². The number of benzene rings is 1. The van der Waals surface area contributed by atoms with Crippen LogP contribution in [0, 0.1) is 18.2 Å². The molecule has 0 saturated carbocycles. The first-order chi connectivity index (χ1) is 9.42. The number of carboxylic acid groups (broad SMARTS) is 1. The third-order valence-electron chi connectivity index (χ3n) is 2.25. The Labute approximate surface area is 123 Å². The highest BCUT2D eigenvalue weighted by Crippen LogP contribution is 2.19. The van der Waals surface area contributed by atoms with Gasteiger partial charge in [-0.15, -0.1) is 6.42 Å². The second-order valence-corrected chi connectivity index (χ2v) is 4.83. The highest BCUT2D eigenvalue weighted by atomic mass is 79.9. The molecule has 0 unspecified atom stereocenters. The Morgan fingerprint density at radius 2 is 2.15 bits per heavy atom. The molecule has 2 N–H and O–H groups in total. The van der Waals surface area contributed by atoms with E-state index in [9.17, 15) is 14.0 Å². The first-order valence-corrected chi connectivity index (χ1v) is 6.34. The highest BCUT2D eigenvalue weighted by molar-refractivity contribution is 9.10. The van der Waals surface area contributed by atoms with Gasteiger partial charge >= 0.3 is 5.97 Å². The molecular weight excluding hydrogens is 331 g/mol. The van der Waals surface area contributed by atoms with Gasteiger partial charge in [0.15, 0.2) is 0 Å². The van der Waals surface area contributed by atoms with Crippen LogP contribution in [0.3, 0.4) is 0 Å². The monoisotopic (exact) mass is 342 g/mol. The number of rotatable bonds is 6. The summed E-state index contributed by atoms with van der Waals surface area (Å²) in [5.74, 6) is 0.0414. The zero-order valence-corrected chi connectivity index (χ0v) is 12.0. The Kier molecular flexibility index (Phi) is 6.15. The summed E-state index contributed by atoms with van der Waals surface area (Å²) in [6, 6.07) is 4.20. The molecule has 0 fully saturated rings. The molecule has 0 aromatic heterocycles. The van der Waals surface area contributed by atoms with Crippen molar-refractivity contribution in [2.45, 2.75) is 0 Å². The highest BCUT2D eigenvalue weighted by Gasteiger charge is 2.14. The van der Waals surface area contributed by atoms with Crippen molar-refractivity contribution in [2.24, 2.45) is 0 Å². The predicted molar refractivity (Wildman–Crippen MR) is 75.6 cm³/mol. The van der Waals surface area contributed by atoms with Gasteiger partial charge in [-0.3, -0.25) is 14.5 Å². The number of carbonyl (C=O) groups is 2. The SMILES string of the molecule is C#CCN(CC(=O)O)CC(=O)Nc1ccc(Br)cc1F. The maximum absolute atomic E-state index is 13.5. The van der Waals surface area contributed by atoms with Crippen LogP contribution in [0.2, 0.25) is 0 Å². The van der Waals surface area contributed by atoms with E-state index >= 15 is 0 Å². The van der Waals surface area contributed by atoms with Crippen molar-refractivity contribution in [3.05, 3.63) is 28.5 Å². The summed E-state index contributed by atoms with van der Waals surface area (Å²) in [7, 11) is 0. The number of hydrogen-bond acceptors (Lipinski definition) is 3. The molecule has 0 aliphatic heterocycles. The normalized spacial score (nSPS) is 10.1. The van der Waals surface area contributed by atoms with Gasteiger partial charge in [-0.05, 0) is 18.2 Å². The summed E-state index contributed by atoms with van der Waals surface area (Å²) in [6.45, 7) is -0.574. The number of anilines is 1. The van der Waals surface area contributed by atoms with Gasteiger partial charge in [-0.25, -0.2) is 4.39 Å². The smallest absolute Gasteiger partial charge is 0.317 e. The van der Waals surface area contributed by atoms with Gasteiger partial charge in [0.1, 0.15) is 5.82 Å². The number of halogens is 2. The molecule has 106 valence electrons. The lowest BCUT2D eigenvalue weighted by molar-refractivity contribution is -0.138. The number of carboxylic acids is 1. The molecular formula is C13H12BrFN2O3. The van der Waals surface area contributed by atoms with Crippen molar-refractivity contribution < 1.29 is 19.1 Å². The van der Waals surface area contributed by atoms with Crippen LogP contribution >= 0.6 is 15.9 Å². The van der Waals surface area contributed by atoms with Crippen LogP contribution in [0.4, 0.5) is 10.1 Å². The maximum Gasteiger partial charge on any atom is 0.317 e. The van der Waals surface area contributed by atoms with Crippen LogP contribution in [-0.4, -0.2) is 41.5 Å². The fourth-order valence-corrected chi connectivity index (χ4v) is 1.80. The molecule has 0 saturated heterocycles. The molecule has 0 heterocycles. The fourth-order valence-electron chi connectivity index (χ4n) is 1.47. The maximum atomic E-state index is 13.5. The Balaban J connectivity index is 2.65. The van der Waals surface area contributed by atoms with E-state index in [0.29, 0.717) is 4.47 Å². The molecule has 0 atom stereocenters. The van der Waals surface area contributed by atoms with E-state index in [0.717, 1.165) is 0 Å². The summed E-state index contributed by atoms with van der Waals surface area (Å²) < 4.78 is 14.1. The Morgan fingerprint density at radius 1 is 1.45 bits per heavy atom. The molecule has 1 amide bonds. The van der Waals surface area contributed by atoms with E-state index in [1.54, 1.807) is 6.07 Å². The second-order valence-electron chi connectivity index (χ2n) is 3.92. The average molecular weight is 343 g/mol. The van der Waals surface area contributed by atoms with Crippen molar-refractivity contribution >= 4 is 33.5 Å². The van der Waals surface area contributed by atoms with Crippen molar-refractivity contribution in [1.82, 2.24) is 4.90 Å². The van der Waals surface area contributed by atoms with E-state index in [-0.39, 0.29) is 25.3 Å². The van der Waals surface area contributed by atoms with Gasteiger partial charge in [0.05, 0.1) is 25.3 Å². The van der Waals surface area contributed by atoms with Crippen molar-refractivity contribution in [3.8, 4) is 12.3 Å². The Bertz CT molecular complexity index is 557. The molecule has 5 nitrogen and oxygen atoms in total. The third-order valence-corrected chi connectivity index (χ3v) is 2.74. The summed E-state index contributed by atoms with van der Waals surface area (Å²) >= 11 is 3.10. The van der Waals surface area contributed by atoms with Crippen LogP contribution in [0.25, 0.3) is 0 Å². The van der Waals surface area contributed by atoms with Crippen LogP contribution in [0.5, 0.6) is 0 Å². The van der Waals surface area contributed by atoms with Gasteiger partial charge in [0, 0.05) is 4.47 Å². The van der Waals surface area contributed by atoms with Crippen LogP contribution < -0.4 is 5.32 Å². The summed E-state index contributed by atoms with van der Waals surface area (Å²) in [5, 5.41) is 11.0. The molecule has 1 aromatic rings. The number of terminal acetylenes is 1. The van der Waals surface area contributed by atoms with E-state index in [4.69, 9.17) is 11.5 Å². The van der Waals surface area contributed by atoms with E-state index in [1.165, 1.54) is 17.0 Å². The number of aliphatic carboxylic acids is 1. The Hall–Kier alpha value is -1.91. The zero-order chi connectivity index (χ0) is 15.1. The summed E-state index contributed by atoms with van der Waals surface area (Å²) in [4.78, 5) is 23.6. The molecule has 0 aliphatic carbocycles. The lowest BCUT2D eigenvalue weighted by Gasteiger charge is -2.16. The number of amides is 1. The largest absolute Gasteiger partial charge is 0.480 e. The van der Waals surface area contributed by atoms with Gasteiger partial charge < -0.3 is 10.4 Å². The van der Waals surface area contributed by atoms with Crippen LogP contribution in [0.15, 0.2) is 22.7 Å². The fraction of sp³-hybridized carbons (Fsp3) is 0.231. The lowest BCUT2D eigenvalue weighted by atomic mass is 10.3. The number of carbonyl (C=O) groups excluding carboxylic acids is 1. The minimum atomic E-state index is -1.09. The Morgan fingerprint density at radius 3 is 2.70 bits per heavy atom. The molecule has 1 rings (SSSR count). The molecule has 20 heavy (non-hydrogen) atoms. The van der Waals surface area contributed by atoms with E-state index in [2.05, 4.69) is 27.2 Å². The topological polar surface area (TPSA) is 69.6 Å². The molecule has 7 heteroatoms. The molecule has 0 radical (unpaired) electrons. The summed E-state index contributed by atoms with van der Waals surface area (Å²) in [5.41, 5.74) is 0.0224. The first kappa shape index (κ1) is 16.1. The zero-order valence-electron chi connectivity index (χ0n) is 10.4. The summed E-state index contributed by atoms with van der Waals surface area (Å²) in [6.07, 6.45) is 5.09. The molecule has 0 spiro atoms. The van der Waals surface area contributed by atoms with Gasteiger partial charge in [0.25, 0.3) is 0 Å². The van der Waals surface area contributed by atoms with Crippen molar-refractivity contribution in [2.75, 3.05) is 25.0 Å². The quantitative estimate of drug-likeness (QED) is 0.769. The lowest BCUT2D eigenvalue weighted by Crippen LogP contribution is -2.37. The molecule has 0 aliphatic rings. The number of nitrogens with zero attached hydrogens (tertiary/aromatic N) is 1. The molecule has 0 bridgehead atoms. The predicted octanol–water partition coefficient (Wildman–Crippen LogP) is 1.55. The van der Waals surface area contributed by atoms with Crippen molar-refractivity contribution in [1.29, 1.82) is 0 Å². The van der Waals surface area contributed by atoms with E-state index < -0.39 is 17.7 Å². The van der Waals surface area contributed by atoms with Crippen molar-refractivity contribution in [3.63, 3.8) is 0 Å².